The summed E-state index contributed by atoms with van der Waals surface area (Å²) >= 11 is 0. The molecule has 6 heteroatoms. The van der Waals surface area contributed by atoms with E-state index < -0.39 is 29.0 Å². The molecule has 0 fully saturated rings. The molecular formula is C15H13F4NO. The number of rotatable bonds is 6. The van der Waals surface area contributed by atoms with Crippen LogP contribution in [0.5, 0.6) is 5.75 Å². The van der Waals surface area contributed by atoms with Crippen LogP contribution in [-0.4, -0.2) is 13.2 Å². The topological polar surface area (TPSA) is 21.3 Å². The Labute approximate surface area is 119 Å². The van der Waals surface area contributed by atoms with Gasteiger partial charge in [-0.15, -0.1) is 0 Å². The monoisotopic (exact) mass is 299 g/mol. The molecule has 0 heterocycles. The quantitative estimate of drug-likeness (QED) is 0.501. The Kier molecular flexibility index (Phi) is 5.16. The van der Waals surface area contributed by atoms with E-state index in [2.05, 4.69) is 5.32 Å². The molecule has 2 aromatic rings. The van der Waals surface area contributed by atoms with Crippen molar-refractivity contribution in [3.05, 3.63) is 65.2 Å². The van der Waals surface area contributed by atoms with Gasteiger partial charge in [-0.2, -0.15) is 8.78 Å². The normalized spacial score (nSPS) is 10.7. The van der Waals surface area contributed by atoms with Crippen molar-refractivity contribution >= 4 is 0 Å². The summed E-state index contributed by atoms with van der Waals surface area (Å²) in [5, 5.41) is 2.98. The van der Waals surface area contributed by atoms with Crippen LogP contribution >= 0.6 is 0 Å². The zero-order valence-electron chi connectivity index (χ0n) is 11.0. The highest BCUT2D eigenvalue weighted by Crippen LogP contribution is 2.26. The number of ether oxygens (including phenoxy) is 1. The molecule has 0 radical (unpaired) electrons. The van der Waals surface area contributed by atoms with Gasteiger partial charge in [-0.05, 0) is 5.56 Å². The van der Waals surface area contributed by atoms with Gasteiger partial charge in [-0.3, -0.25) is 0 Å². The number of hydrogen-bond acceptors (Lipinski definition) is 2. The maximum absolute atomic E-state index is 13.3. The molecule has 0 aliphatic heterocycles. The molecule has 0 bridgehead atoms. The summed E-state index contributed by atoms with van der Waals surface area (Å²) in [7, 11) is 0. The van der Waals surface area contributed by atoms with Gasteiger partial charge in [-0.1, -0.05) is 30.3 Å². The molecule has 0 atom stereocenters. The van der Waals surface area contributed by atoms with Crippen molar-refractivity contribution in [3.63, 3.8) is 0 Å². The average molecular weight is 299 g/mol. The lowest BCUT2D eigenvalue weighted by atomic mass is 10.2. The van der Waals surface area contributed by atoms with Crippen LogP contribution in [0.3, 0.4) is 0 Å². The molecule has 21 heavy (non-hydrogen) atoms. The summed E-state index contributed by atoms with van der Waals surface area (Å²) < 4.78 is 57.2. The maximum atomic E-state index is 13.3. The second-order valence-electron chi connectivity index (χ2n) is 4.31. The van der Waals surface area contributed by atoms with Crippen LogP contribution in [0.15, 0.2) is 36.4 Å². The summed E-state index contributed by atoms with van der Waals surface area (Å²) in [6, 6.07) is 9.62. The Bertz CT molecular complexity index is 578. The van der Waals surface area contributed by atoms with Crippen molar-refractivity contribution in [2.45, 2.75) is 6.54 Å². The fourth-order valence-electron chi connectivity index (χ4n) is 1.73. The van der Waals surface area contributed by atoms with Gasteiger partial charge in [0.15, 0.2) is 17.4 Å². The van der Waals surface area contributed by atoms with Crippen molar-refractivity contribution in [1.29, 1.82) is 0 Å². The van der Waals surface area contributed by atoms with Crippen molar-refractivity contribution in [1.82, 2.24) is 5.32 Å². The molecule has 0 aliphatic carbocycles. The second kappa shape index (κ2) is 7.08. The Hall–Kier alpha value is -2.08. The van der Waals surface area contributed by atoms with Crippen LogP contribution in [0, 0.1) is 23.3 Å². The molecule has 0 saturated carbocycles. The first-order chi connectivity index (χ1) is 10.1. The van der Waals surface area contributed by atoms with Gasteiger partial charge >= 0.3 is 0 Å². The SMILES string of the molecule is Fc1cc(F)c(F)c(OCCNCc2ccccc2)c1F. The first-order valence-corrected chi connectivity index (χ1v) is 6.30. The highest BCUT2D eigenvalue weighted by molar-refractivity contribution is 5.28. The lowest BCUT2D eigenvalue weighted by Gasteiger charge is -2.10. The molecule has 2 nitrogen and oxygen atoms in total. The Morgan fingerprint density at radius 2 is 1.52 bits per heavy atom. The van der Waals surface area contributed by atoms with Gasteiger partial charge in [0.05, 0.1) is 0 Å². The first-order valence-electron chi connectivity index (χ1n) is 6.30. The third-order valence-electron chi connectivity index (χ3n) is 2.77. The smallest absolute Gasteiger partial charge is 0.203 e. The minimum atomic E-state index is -1.53. The molecule has 0 aromatic heterocycles. The largest absolute Gasteiger partial charge is 0.486 e. The van der Waals surface area contributed by atoms with Gasteiger partial charge in [0, 0.05) is 19.2 Å². The fourth-order valence-corrected chi connectivity index (χ4v) is 1.73. The molecular weight excluding hydrogens is 286 g/mol. The van der Waals surface area contributed by atoms with E-state index in [0.717, 1.165) is 5.56 Å². The van der Waals surface area contributed by atoms with Gasteiger partial charge < -0.3 is 10.1 Å². The Morgan fingerprint density at radius 3 is 2.14 bits per heavy atom. The van der Waals surface area contributed by atoms with E-state index in [4.69, 9.17) is 4.74 Å². The molecule has 2 rings (SSSR count). The molecule has 2 aromatic carbocycles. The lowest BCUT2D eigenvalue weighted by molar-refractivity contribution is 0.270. The van der Waals surface area contributed by atoms with Crippen LogP contribution in [-0.2, 0) is 6.54 Å². The third kappa shape index (κ3) is 3.95. The van der Waals surface area contributed by atoms with E-state index in [0.29, 0.717) is 6.54 Å². The maximum Gasteiger partial charge on any atom is 0.203 e. The molecule has 0 saturated heterocycles. The van der Waals surface area contributed by atoms with E-state index in [1.54, 1.807) is 0 Å². The lowest BCUT2D eigenvalue weighted by Crippen LogP contribution is -2.21. The zero-order chi connectivity index (χ0) is 15.2. The van der Waals surface area contributed by atoms with Crippen LogP contribution in [0.1, 0.15) is 5.56 Å². The second-order valence-corrected chi connectivity index (χ2v) is 4.31. The van der Waals surface area contributed by atoms with Gasteiger partial charge in [0.25, 0.3) is 0 Å². The summed E-state index contributed by atoms with van der Waals surface area (Å²) in [6.45, 7) is 0.697. The van der Waals surface area contributed by atoms with Crippen LogP contribution < -0.4 is 10.1 Å². The van der Waals surface area contributed by atoms with Crippen LogP contribution in [0.2, 0.25) is 0 Å². The van der Waals surface area contributed by atoms with Crippen molar-refractivity contribution in [2.24, 2.45) is 0 Å². The number of halogens is 4. The predicted molar refractivity (Wildman–Crippen MR) is 69.9 cm³/mol. The van der Waals surface area contributed by atoms with E-state index >= 15 is 0 Å². The van der Waals surface area contributed by atoms with E-state index in [9.17, 15) is 17.6 Å². The highest BCUT2D eigenvalue weighted by Gasteiger charge is 2.20. The van der Waals surface area contributed by atoms with Gasteiger partial charge in [0.2, 0.25) is 11.6 Å². The molecule has 0 aliphatic rings. The number of hydrogen-bond donors (Lipinski definition) is 1. The molecule has 0 spiro atoms. The summed E-state index contributed by atoms with van der Waals surface area (Å²) in [4.78, 5) is 0. The summed E-state index contributed by atoms with van der Waals surface area (Å²) in [6.07, 6.45) is 0. The van der Waals surface area contributed by atoms with Crippen molar-refractivity contribution in [3.8, 4) is 5.75 Å². The summed E-state index contributed by atoms with van der Waals surface area (Å²) in [5.74, 6) is -7.06. The summed E-state index contributed by atoms with van der Waals surface area (Å²) in [5.41, 5.74) is 1.03. The van der Waals surface area contributed by atoms with Crippen molar-refractivity contribution in [2.75, 3.05) is 13.2 Å². The minimum Gasteiger partial charge on any atom is -0.486 e. The average Bonchev–Trinajstić information content (AvgIpc) is 2.49. The third-order valence-corrected chi connectivity index (χ3v) is 2.77. The molecule has 0 unspecified atom stereocenters. The van der Waals surface area contributed by atoms with Crippen LogP contribution in [0.25, 0.3) is 0 Å². The first kappa shape index (κ1) is 15.3. The van der Waals surface area contributed by atoms with Crippen LogP contribution in [0.4, 0.5) is 17.6 Å². The highest BCUT2D eigenvalue weighted by atomic mass is 19.2. The Balaban J connectivity index is 1.84. The molecule has 112 valence electrons. The fraction of sp³-hybridized carbons (Fsp3) is 0.200. The zero-order valence-corrected chi connectivity index (χ0v) is 11.0. The predicted octanol–water partition coefficient (Wildman–Crippen LogP) is 3.41. The molecule has 0 amide bonds. The Morgan fingerprint density at radius 1 is 0.905 bits per heavy atom. The van der Waals surface area contributed by atoms with E-state index in [1.807, 2.05) is 30.3 Å². The van der Waals surface area contributed by atoms with E-state index in [1.165, 1.54) is 0 Å². The van der Waals surface area contributed by atoms with E-state index in [-0.39, 0.29) is 19.2 Å². The number of nitrogens with one attached hydrogen (secondary N) is 1. The van der Waals surface area contributed by atoms with Gasteiger partial charge in [-0.25, -0.2) is 8.78 Å². The molecule has 1 N–H and O–H groups in total. The standard InChI is InChI=1S/C15H13F4NO/c16-11-8-12(17)14(19)15(13(11)18)21-7-6-20-9-10-4-2-1-3-5-10/h1-5,8,20H,6-7,9H2. The minimum absolute atomic E-state index is 0.121. The number of benzene rings is 2. The van der Waals surface area contributed by atoms with Crippen molar-refractivity contribution < 1.29 is 22.3 Å². The van der Waals surface area contributed by atoms with Gasteiger partial charge in [0.1, 0.15) is 6.61 Å².